The van der Waals surface area contributed by atoms with Gasteiger partial charge in [-0.05, 0) is 63.5 Å². The maximum atomic E-state index is 12.7. The highest BCUT2D eigenvalue weighted by Crippen LogP contribution is 2.30. The zero-order chi connectivity index (χ0) is 21.3. The molecule has 1 aliphatic rings. The Balaban J connectivity index is 1.49. The van der Waals surface area contributed by atoms with Crippen molar-refractivity contribution in [3.63, 3.8) is 0 Å². The van der Waals surface area contributed by atoms with Gasteiger partial charge in [-0.1, -0.05) is 57.9 Å². The molecule has 154 valence electrons. The lowest BCUT2D eigenvalue weighted by Gasteiger charge is -2.12. The number of nitrogens with one attached hydrogen (secondary N) is 2. The molecule has 0 aliphatic carbocycles. The first-order valence-corrected chi connectivity index (χ1v) is 12.4. The molecule has 1 aliphatic heterocycles. The Morgan fingerprint density at radius 3 is 2.50 bits per heavy atom. The van der Waals surface area contributed by atoms with Crippen molar-refractivity contribution in [3.05, 3.63) is 91.8 Å². The van der Waals surface area contributed by atoms with Gasteiger partial charge in [0, 0.05) is 26.1 Å². The van der Waals surface area contributed by atoms with Gasteiger partial charge in [0.15, 0.2) is 0 Å². The molecule has 5 nitrogen and oxygen atoms in total. The quantitative estimate of drug-likeness (QED) is 0.390. The molecule has 1 unspecified atom stereocenters. The third-order valence-electron chi connectivity index (χ3n) is 4.69. The second-order valence-corrected chi connectivity index (χ2v) is 10.6. The summed E-state index contributed by atoms with van der Waals surface area (Å²) in [5.74, 6) is 0. The van der Waals surface area contributed by atoms with Gasteiger partial charge >= 0.3 is 0 Å². The first kappa shape index (κ1) is 21.4. The summed E-state index contributed by atoms with van der Waals surface area (Å²) in [6.07, 6.45) is 0.694. The molecule has 0 radical (unpaired) electrons. The van der Waals surface area contributed by atoms with Crippen LogP contribution in [0.3, 0.4) is 0 Å². The largest absolute Gasteiger partial charge is 0.302 e. The number of benzene rings is 3. The van der Waals surface area contributed by atoms with E-state index in [-0.39, 0.29) is 10.9 Å². The first-order valence-electron chi connectivity index (χ1n) is 8.98. The average molecular weight is 570 g/mol. The summed E-state index contributed by atoms with van der Waals surface area (Å²) in [7, 11) is -3.73. The molecule has 30 heavy (non-hydrogen) atoms. The van der Waals surface area contributed by atoms with E-state index in [1.807, 2.05) is 36.4 Å². The molecule has 0 saturated carbocycles. The third kappa shape index (κ3) is 4.56. The smallest absolute Gasteiger partial charge is 0.263 e. The molecular weight excluding hydrogens is 554 g/mol. The van der Waals surface area contributed by atoms with E-state index in [0.29, 0.717) is 26.1 Å². The number of hydrogen-bond acceptors (Lipinski definition) is 4. The summed E-state index contributed by atoms with van der Waals surface area (Å²) < 4.78 is 29.3. The zero-order valence-corrected chi connectivity index (χ0v) is 20.2. The fraction of sp³-hybridized carbons (Fsp3) is 0.0952. The van der Waals surface area contributed by atoms with Crippen LogP contribution in [0.1, 0.15) is 23.6 Å². The number of hydrazone groups is 1. The highest BCUT2D eigenvalue weighted by atomic mass is 79.9. The molecule has 9 heteroatoms. The van der Waals surface area contributed by atoms with Gasteiger partial charge in [-0.3, -0.25) is 4.72 Å². The molecule has 0 saturated heterocycles. The number of nitrogens with zero attached hydrogens (tertiary/aromatic N) is 1. The Kier molecular flexibility index (Phi) is 6.20. The molecule has 0 fully saturated rings. The van der Waals surface area contributed by atoms with Crippen LogP contribution in [0.15, 0.2) is 85.7 Å². The summed E-state index contributed by atoms with van der Waals surface area (Å²) in [6.45, 7) is 0. The fourth-order valence-electron chi connectivity index (χ4n) is 3.18. The lowest BCUT2D eigenvalue weighted by atomic mass is 9.99. The number of sulfonamides is 1. The van der Waals surface area contributed by atoms with E-state index in [4.69, 9.17) is 11.6 Å². The molecule has 0 bridgehead atoms. The Hall–Kier alpha value is -1.87. The van der Waals surface area contributed by atoms with E-state index in [2.05, 4.69) is 47.1 Å². The van der Waals surface area contributed by atoms with Crippen LogP contribution < -0.4 is 10.1 Å². The fourth-order valence-corrected chi connectivity index (χ4v) is 6.01. The van der Waals surface area contributed by atoms with Gasteiger partial charge in [-0.15, -0.1) is 0 Å². The Bertz CT molecular complexity index is 1230. The van der Waals surface area contributed by atoms with Gasteiger partial charge in [0.25, 0.3) is 10.0 Å². The minimum Gasteiger partial charge on any atom is -0.302 e. The van der Waals surface area contributed by atoms with Gasteiger partial charge in [-0.2, -0.15) is 5.10 Å². The minimum absolute atomic E-state index is 0.0146. The maximum absolute atomic E-state index is 12.7. The maximum Gasteiger partial charge on any atom is 0.263 e. The van der Waals surface area contributed by atoms with Gasteiger partial charge in [0.2, 0.25) is 0 Å². The predicted octanol–water partition coefficient (Wildman–Crippen LogP) is 6.10. The first-order chi connectivity index (χ1) is 14.3. The second-order valence-electron chi connectivity index (χ2n) is 6.72. The molecule has 3 aromatic carbocycles. The highest BCUT2D eigenvalue weighted by Gasteiger charge is 2.23. The van der Waals surface area contributed by atoms with Crippen molar-refractivity contribution < 1.29 is 8.42 Å². The van der Waals surface area contributed by atoms with Crippen LogP contribution in [-0.4, -0.2) is 14.1 Å². The molecule has 1 atom stereocenters. The van der Waals surface area contributed by atoms with Crippen molar-refractivity contribution in [1.29, 1.82) is 0 Å². The summed E-state index contributed by atoms with van der Waals surface area (Å²) in [5.41, 5.74) is 6.42. The van der Waals surface area contributed by atoms with Crippen LogP contribution in [0.2, 0.25) is 5.02 Å². The molecule has 1 heterocycles. The van der Waals surface area contributed by atoms with E-state index < -0.39 is 10.0 Å². The van der Waals surface area contributed by atoms with Crippen molar-refractivity contribution in [2.24, 2.45) is 5.10 Å². The van der Waals surface area contributed by atoms with Crippen LogP contribution in [0.4, 0.5) is 5.69 Å². The average Bonchev–Trinajstić information content (AvgIpc) is 3.20. The summed E-state index contributed by atoms with van der Waals surface area (Å²) in [6, 6.07) is 19.9. The van der Waals surface area contributed by atoms with Crippen LogP contribution in [-0.2, 0) is 10.0 Å². The van der Waals surface area contributed by atoms with E-state index in [9.17, 15) is 8.42 Å². The van der Waals surface area contributed by atoms with Gasteiger partial charge < -0.3 is 5.43 Å². The van der Waals surface area contributed by atoms with E-state index in [1.54, 1.807) is 30.3 Å². The number of hydrogen-bond donors (Lipinski definition) is 2. The van der Waals surface area contributed by atoms with E-state index >= 15 is 0 Å². The van der Waals surface area contributed by atoms with Gasteiger partial charge in [0.1, 0.15) is 4.90 Å². The van der Waals surface area contributed by atoms with Gasteiger partial charge in [-0.25, -0.2) is 8.42 Å². The Morgan fingerprint density at radius 2 is 1.77 bits per heavy atom. The van der Waals surface area contributed by atoms with Crippen LogP contribution >= 0.6 is 43.5 Å². The summed E-state index contributed by atoms with van der Waals surface area (Å²) >= 11 is 12.9. The van der Waals surface area contributed by atoms with Gasteiger partial charge in [0.05, 0.1) is 11.8 Å². The van der Waals surface area contributed by atoms with Crippen molar-refractivity contribution in [3.8, 4) is 0 Å². The monoisotopic (exact) mass is 567 g/mol. The third-order valence-corrected chi connectivity index (χ3v) is 7.90. The number of rotatable bonds is 5. The van der Waals surface area contributed by atoms with Crippen LogP contribution in [0.5, 0.6) is 0 Å². The predicted molar refractivity (Wildman–Crippen MR) is 128 cm³/mol. The zero-order valence-electron chi connectivity index (χ0n) is 15.4. The number of anilines is 1. The number of halogens is 3. The van der Waals surface area contributed by atoms with E-state index in [0.717, 1.165) is 16.8 Å². The Morgan fingerprint density at radius 1 is 1.03 bits per heavy atom. The molecule has 3 aromatic rings. The molecular formula is C21H16Br2ClN3O2S. The molecule has 0 aromatic heterocycles. The van der Waals surface area contributed by atoms with Crippen LogP contribution in [0, 0.1) is 0 Å². The molecule has 4 rings (SSSR count). The van der Waals surface area contributed by atoms with E-state index in [1.165, 1.54) is 0 Å². The molecule has 0 spiro atoms. The van der Waals surface area contributed by atoms with Crippen molar-refractivity contribution >= 4 is 64.9 Å². The summed E-state index contributed by atoms with van der Waals surface area (Å²) in [5, 5.41) is 5.14. The standard InChI is InChI=1S/C21H16Br2ClN3O2S/c22-14-7-10-17(23)21(11-14)30(28,29)27-15-8-5-13(6-9-15)19-12-20(26-25-19)16-3-1-2-4-18(16)24/h1-11,20,26-27H,12H2. The highest BCUT2D eigenvalue weighted by molar-refractivity contribution is 9.11. The molecule has 0 amide bonds. The summed E-state index contributed by atoms with van der Waals surface area (Å²) in [4.78, 5) is 0.160. The van der Waals surface area contributed by atoms with Crippen molar-refractivity contribution in [1.82, 2.24) is 5.43 Å². The SMILES string of the molecule is O=S(=O)(Nc1ccc(C2=NNC(c3ccccc3Cl)C2)cc1)c1cc(Br)ccc1Br. The lowest BCUT2D eigenvalue weighted by Crippen LogP contribution is -2.13. The molecule has 2 N–H and O–H groups in total. The lowest BCUT2D eigenvalue weighted by molar-refractivity contribution is 0.600. The van der Waals surface area contributed by atoms with Crippen LogP contribution in [0.25, 0.3) is 0 Å². The second kappa shape index (κ2) is 8.70. The van der Waals surface area contributed by atoms with Crippen molar-refractivity contribution in [2.75, 3.05) is 4.72 Å². The van der Waals surface area contributed by atoms with Crippen molar-refractivity contribution in [2.45, 2.75) is 17.4 Å². The topological polar surface area (TPSA) is 70.6 Å². The minimum atomic E-state index is -3.73. The Labute approximate surface area is 196 Å². The normalized spacial score (nSPS) is 16.1.